The zero-order chi connectivity index (χ0) is 25.5. The molecule has 188 valence electrons. The van der Waals surface area contributed by atoms with Crippen LogP contribution in [0.2, 0.25) is 10.0 Å². The van der Waals surface area contributed by atoms with Gasteiger partial charge in [0.15, 0.2) is 17.6 Å². The van der Waals surface area contributed by atoms with Crippen molar-refractivity contribution in [1.29, 1.82) is 0 Å². The lowest BCUT2D eigenvalue weighted by molar-refractivity contribution is -0.143. The Hall–Kier alpha value is -3.19. The molecule has 0 fully saturated rings. The third kappa shape index (κ3) is 6.52. The SMILES string of the molecule is C=CCN[C@@H](Cc1ccc2c(c1)OCC(c1ccc(OCc3ccc(Cl)c(Cl)c3)cc1)O2)C(=O)OC. The zero-order valence-electron chi connectivity index (χ0n) is 19.8. The molecule has 0 saturated carbocycles. The Bertz CT molecular complexity index is 1220. The summed E-state index contributed by atoms with van der Waals surface area (Å²) in [5.41, 5.74) is 2.85. The second-order valence-electron chi connectivity index (χ2n) is 8.28. The van der Waals surface area contributed by atoms with Gasteiger partial charge in [0.1, 0.15) is 25.0 Å². The van der Waals surface area contributed by atoms with E-state index in [9.17, 15) is 4.79 Å². The van der Waals surface area contributed by atoms with Gasteiger partial charge < -0.3 is 24.3 Å². The van der Waals surface area contributed by atoms with Gasteiger partial charge in [0, 0.05) is 6.54 Å². The van der Waals surface area contributed by atoms with Crippen LogP contribution in [0.25, 0.3) is 0 Å². The topological polar surface area (TPSA) is 66.0 Å². The van der Waals surface area contributed by atoms with Crippen LogP contribution in [-0.2, 0) is 22.6 Å². The van der Waals surface area contributed by atoms with Crippen LogP contribution in [0.3, 0.4) is 0 Å². The maximum Gasteiger partial charge on any atom is 0.323 e. The summed E-state index contributed by atoms with van der Waals surface area (Å²) >= 11 is 12.0. The molecule has 0 bridgehead atoms. The van der Waals surface area contributed by atoms with E-state index >= 15 is 0 Å². The van der Waals surface area contributed by atoms with E-state index in [2.05, 4.69) is 11.9 Å². The summed E-state index contributed by atoms with van der Waals surface area (Å²) in [6.45, 7) is 4.94. The second-order valence-corrected chi connectivity index (χ2v) is 9.10. The molecule has 0 amide bonds. The monoisotopic (exact) mass is 527 g/mol. The van der Waals surface area contributed by atoms with Crippen LogP contribution in [0.1, 0.15) is 22.8 Å². The first-order valence-electron chi connectivity index (χ1n) is 11.5. The lowest BCUT2D eigenvalue weighted by Gasteiger charge is -2.27. The molecule has 1 aliphatic heterocycles. The van der Waals surface area contributed by atoms with Gasteiger partial charge in [-0.3, -0.25) is 4.79 Å². The number of rotatable bonds is 10. The Kier molecular flexibility index (Phi) is 8.75. The van der Waals surface area contributed by atoms with Crippen LogP contribution in [0.15, 0.2) is 73.3 Å². The van der Waals surface area contributed by atoms with E-state index in [1.165, 1.54) is 7.11 Å². The molecule has 0 radical (unpaired) electrons. The zero-order valence-corrected chi connectivity index (χ0v) is 21.4. The number of ether oxygens (including phenoxy) is 4. The number of benzene rings is 3. The van der Waals surface area contributed by atoms with Gasteiger partial charge in [-0.15, -0.1) is 6.58 Å². The fraction of sp³-hybridized carbons (Fsp3) is 0.250. The Balaban J connectivity index is 1.36. The fourth-order valence-corrected chi connectivity index (χ4v) is 4.14. The molecule has 0 aromatic heterocycles. The molecule has 1 aliphatic rings. The van der Waals surface area contributed by atoms with Crippen molar-refractivity contribution in [2.24, 2.45) is 0 Å². The van der Waals surface area contributed by atoms with Crippen LogP contribution in [0, 0.1) is 0 Å². The lowest BCUT2D eigenvalue weighted by atomic mass is 10.0. The van der Waals surface area contributed by atoms with Crippen LogP contribution >= 0.6 is 23.2 Å². The number of nitrogens with one attached hydrogen (secondary N) is 1. The number of esters is 1. The van der Waals surface area contributed by atoms with Crippen molar-refractivity contribution in [3.8, 4) is 17.2 Å². The first-order chi connectivity index (χ1) is 17.5. The van der Waals surface area contributed by atoms with E-state index < -0.39 is 6.04 Å². The van der Waals surface area contributed by atoms with E-state index in [-0.39, 0.29) is 12.1 Å². The Morgan fingerprint density at radius 2 is 1.86 bits per heavy atom. The molecule has 1 heterocycles. The van der Waals surface area contributed by atoms with Crippen molar-refractivity contribution in [3.63, 3.8) is 0 Å². The highest BCUT2D eigenvalue weighted by Gasteiger charge is 2.24. The quantitative estimate of drug-likeness (QED) is 0.259. The highest BCUT2D eigenvalue weighted by molar-refractivity contribution is 6.42. The minimum absolute atomic E-state index is 0.246. The molecule has 36 heavy (non-hydrogen) atoms. The number of methoxy groups -OCH3 is 1. The van der Waals surface area contributed by atoms with Gasteiger partial charge in [0.05, 0.1) is 17.2 Å². The summed E-state index contributed by atoms with van der Waals surface area (Å²) in [4.78, 5) is 12.1. The third-order valence-corrected chi connectivity index (χ3v) is 6.48. The minimum atomic E-state index is -0.472. The Labute approximate surface area is 220 Å². The van der Waals surface area contributed by atoms with E-state index in [4.69, 9.17) is 42.1 Å². The van der Waals surface area contributed by atoms with Gasteiger partial charge in [-0.2, -0.15) is 0 Å². The first-order valence-corrected chi connectivity index (χ1v) is 12.2. The Morgan fingerprint density at radius 3 is 2.58 bits per heavy atom. The maximum absolute atomic E-state index is 12.1. The summed E-state index contributed by atoms with van der Waals surface area (Å²) in [5.74, 6) is 1.72. The highest BCUT2D eigenvalue weighted by Crippen LogP contribution is 2.37. The average molecular weight is 528 g/mol. The first kappa shape index (κ1) is 25.9. The number of halogens is 2. The molecular weight excluding hydrogens is 501 g/mol. The van der Waals surface area contributed by atoms with Gasteiger partial charge in [-0.25, -0.2) is 0 Å². The molecule has 3 aromatic carbocycles. The van der Waals surface area contributed by atoms with E-state index in [0.717, 1.165) is 22.4 Å². The summed E-state index contributed by atoms with van der Waals surface area (Å²) in [6, 6.07) is 18.4. The van der Waals surface area contributed by atoms with Crippen LogP contribution in [0.5, 0.6) is 17.2 Å². The molecule has 8 heteroatoms. The maximum atomic E-state index is 12.1. The smallest absolute Gasteiger partial charge is 0.323 e. The fourth-order valence-electron chi connectivity index (χ4n) is 3.82. The molecular formula is C28H27Cl2NO5. The summed E-state index contributed by atoms with van der Waals surface area (Å²) in [6.07, 6.45) is 1.92. The Morgan fingerprint density at radius 1 is 1.08 bits per heavy atom. The molecule has 1 unspecified atom stereocenters. The van der Waals surface area contributed by atoms with Gasteiger partial charge in [-0.05, 0) is 59.5 Å². The van der Waals surface area contributed by atoms with Crippen molar-refractivity contribution in [2.75, 3.05) is 20.3 Å². The van der Waals surface area contributed by atoms with Crippen molar-refractivity contribution >= 4 is 29.2 Å². The second kappa shape index (κ2) is 12.2. The average Bonchev–Trinajstić information content (AvgIpc) is 2.91. The number of hydrogen-bond donors (Lipinski definition) is 1. The van der Waals surface area contributed by atoms with E-state index in [1.807, 2.05) is 48.5 Å². The highest BCUT2D eigenvalue weighted by atomic mass is 35.5. The lowest BCUT2D eigenvalue weighted by Crippen LogP contribution is -2.39. The predicted molar refractivity (Wildman–Crippen MR) is 140 cm³/mol. The number of hydrogen-bond acceptors (Lipinski definition) is 6. The van der Waals surface area contributed by atoms with Crippen molar-refractivity contribution in [2.45, 2.75) is 25.2 Å². The van der Waals surface area contributed by atoms with Crippen LogP contribution in [-0.4, -0.2) is 32.3 Å². The van der Waals surface area contributed by atoms with Gasteiger partial charge in [-0.1, -0.05) is 53.5 Å². The molecule has 0 saturated heterocycles. The molecule has 6 nitrogen and oxygen atoms in total. The molecule has 4 rings (SSSR count). The molecule has 3 aromatic rings. The minimum Gasteiger partial charge on any atom is -0.489 e. The van der Waals surface area contributed by atoms with Crippen LogP contribution < -0.4 is 19.5 Å². The van der Waals surface area contributed by atoms with Gasteiger partial charge in [0.2, 0.25) is 0 Å². The summed E-state index contributed by atoms with van der Waals surface area (Å²) in [7, 11) is 1.38. The van der Waals surface area contributed by atoms with Crippen molar-refractivity contribution in [1.82, 2.24) is 5.32 Å². The third-order valence-electron chi connectivity index (χ3n) is 5.74. The predicted octanol–water partition coefficient (Wildman–Crippen LogP) is 5.94. The molecule has 2 atom stereocenters. The number of carbonyl (C=O) groups excluding carboxylic acids is 1. The molecule has 1 N–H and O–H groups in total. The normalized spacial score (nSPS) is 15.1. The molecule has 0 spiro atoms. The van der Waals surface area contributed by atoms with Gasteiger partial charge in [0.25, 0.3) is 0 Å². The molecule has 0 aliphatic carbocycles. The van der Waals surface area contributed by atoms with Crippen molar-refractivity contribution < 1.29 is 23.7 Å². The largest absolute Gasteiger partial charge is 0.489 e. The summed E-state index contributed by atoms with van der Waals surface area (Å²) < 4.78 is 23.0. The number of carbonyl (C=O) groups is 1. The van der Waals surface area contributed by atoms with Crippen LogP contribution in [0.4, 0.5) is 0 Å². The van der Waals surface area contributed by atoms with E-state index in [0.29, 0.717) is 47.7 Å². The van der Waals surface area contributed by atoms with Gasteiger partial charge >= 0.3 is 5.97 Å². The van der Waals surface area contributed by atoms with Crippen molar-refractivity contribution in [3.05, 3.63) is 100 Å². The summed E-state index contributed by atoms with van der Waals surface area (Å²) in [5, 5.41) is 4.14. The standard InChI is InChI=1S/C28H27Cl2NO5/c1-3-12-31-24(28(32)33-2)14-18-5-11-25-26(15-18)35-17-27(36-25)20-6-8-21(9-7-20)34-16-19-4-10-22(29)23(30)13-19/h3-11,13,15,24,27,31H,1,12,14,16-17H2,2H3/t24-,27?/m0/s1. The number of fused-ring (bicyclic) bond motifs is 1. The van der Waals surface area contributed by atoms with E-state index in [1.54, 1.807) is 18.2 Å².